The third-order valence-corrected chi connectivity index (χ3v) is 2.35. The molecular weight excluding hydrogens is 367 g/mol. The zero-order valence-corrected chi connectivity index (χ0v) is 10.1. The van der Waals surface area contributed by atoms with Crippen LogP contribution in [0.25, 0.3) is 0 Å². The van der Waals surface area contributed by atoms with Crippen LogP contribution < -0.4 is 0 Å². The number of hydrogen-bond donors (Lipinski definition) is 0. The van der Waals surface area contributed by atoms with Crippen LogP contribution in [0, 0.1) is 12.3 Å². The lowest BCUT2D eigenvalue weighted by Gasteiger charge is -2.39. The molecule has 0 aliphatic carbocycles. The normalized spacial score (nSPS) is 15.8. The van der Waals surface area contributed by atoms with Crippen molar-refractivity contribution in [3.8, 4) is 12.3 Å². The van der Waals surface area contributed by atoms with Gasteiger partial charge in [-0.25, -0.2) is 0 Å². The van der Waals surface area contributed by atoms with E-state index in [1.165, 1.54) is 0 Å². The molecule has 0 aromatic carbocycles. The van der Waals surface area contributed by atoms with Crippen LogP contribution in [0.5, 0.6) is 0 Å². The van der Waals surface area contributed by atoms with Crippen LogP contribution in [0.4, 0.5) is 57.1 Å². The highest BCUT2D eigenvalue weighted by molar-refractivity contribution is 5.19. The van der Waals surface area contributed by atoms with Gasteiger partial charge in [0.2, 0.25) is 0 Å². The Morgan fingerprint density at radius 2 is 0.913 bits per heavy atom. The van der Waals surface area contributed by atoms with Crippen LogP contribution in [-0.4, -0.2) is 35.8 Å². The largest absolute Gasteiger partial charge is 0.460 e. The van der Waals surface area contributed by atoms with Gasteiger partial charge in [-0.2, -0.15) is 57.1 Å². The summed E-state index contributed by atoms with van der Waals surface area (Å²) in [4.78, 5) is 0. The zero-order valence-electron chi connectivity index (χ0n) is 10.1. The molecule has 0 atom stereocenters. The van der Waals surface area contributed by atoms with E-state index < -0.39 is 41.9 Å². The minimum Gasteiger partial charge on any atom is -0.195 e. The number of rotatable bonds is 5. The standard InChI is InChI=1S/C10H3F13/c1-2-3-4-5(11,12)6(13,14)7(15,16)8(17,18)9(19,20)10(21,22)23/h1,3-4H/b4-3+. The molecule has 134 valence electrons. The van der Waals surface area contributed by atoms with E-state index in [0.29, 0.717) is 0 Å². The Morgan fingerprint density at radius 1 is 0.565 bits per heavy atom. The minimum absolute atomic E-state index is 0.357. The molecule has 0 fully saturated rings. The topological polar surface area (TPSA) is 0 Å². The van der Waals surface area contributed by atoms with Crippen molar-refractivity contribution in [1.82, 2.24) is 0 Å². The molecule has 0 N–H and O–H groups in total. The van der Waals surface area contributed by atoms with Crippen LogP contribution in [0.2, 0.25) is 0 Å². The highest BCUT2D eigenvalue weighted by Crippen LogP contribution is 2.60. The number of alkyl halides is 13. The van der Waals surface area contributed by atoms with Gasteiger partial charge in [0, 0.05) is 0 Å². The molecule has 0 radical (unpaired) electrons. The molecule has 0 bridgehead atoms. The number of allylic oxidation sites excluding steroid dienone is 2. The molecule has 0 aromatic heterocycles. The first-order valence-corrected chi connectivity index (χ1v) is 4.91. The Labute approximate surface area is 118 Å². The van der Waals surface area contributed by atoms with E-state index in [1.54, 1.807) is 0 Å². The van der Waals surface area contributed by atoms with Crippen molar-refractivity contribution < 1.29 is 57.1 Å². The highest BCUT2D eigenvalue weighted by atomic mass is 19.4. The van der Waals surface area contributed by atoms with E-state index in [9.17, 15) is 57.1 Å². The Hall–Kier alpha value is -1.61. The zero-order chi connectivity index (χ0) is 19.1. The Morgan fingerprint density at radius 3 is 1.22 bits per heavy atom. The first-order chi connectivity index (χ1) is 9.81. The molecule has 0 aromatic rings. The molecule has 0 rings (SSSR count). The van der Waals surface area contributed by atoms with E-state index in [0.717, 1.165) is 5.92 Å². The fraction of sp³-hybridized carbons (Fsp3) is 0.600. The summed E-state index contributed by atoms with van der Waals surface area (Å²) in [5.74, 6) is -35.9. The van der Waals surface area contributed by atoms with Crippen LogP contribution >= 0.6 is 0 Å². The second-order valence-electron chi connectivity index (χ2n) is 3.92. The fourth-order valence-electron chi connectivity index (χ4n) is 1.04. The van der Waals surface area contributed by atoms with E-state index in [1.807, 2.05) is 0 Å². The van der Waals surface area contributed by atoms with Crippen molar-refractivity contribution in [2.24, 2.45) is 0 Å². The van der Waals surface area contributed by atoms with Crippen molar-refractivity contribution in [3.05, 3.63) is 12.2 Å². The highest BCUT2D eigenvalue weighted by Gasteiger charge is 2.90. The molecule has 0 nitrogen and oxygen atoms in total. The first kappa shape index (κ1) is 21.4. The predicted molar refractivity (Wildman–Crippen MR) is 48.8 cm³/mol. The predicted octanol–water partition coefficient (Wildman–Crippen LogP) is 4.91. The molecule has 0 saturated carbocycles. The van der Waals surface area contributed by atoms with E-state index >= 15 is 0 Å². The molecule has 0 aliphatic rings. The summed E-state index contributed by atoms with van der Waals surface area (Å²) in [5, 5.41) is 0. The van der Waals surface area contributed by atoms with Crippen molar-refractivity contribution in [1.29, 1.82) is 0 Å². The molecule has 0 saturated heterocycles. The molecular formula is C10H3F13. The van der Waals surface area contributed by atoms with Crippen molar-refractivity contribution in [3.63, 3.8) is 0 Å². The number of terminal acetylenes is 1. The third-order valence-electron chi connectivity index (χ3n) is 2.35. The average Bonchev–Trinajstić information content (AvgIpc) is 2.34. The average molecular weight is 370 g/mol. The van der Waals surface area contributed by atoms with Crippen molar-refractivity contribution >= 4 is 0 Å². The van der Waals surface area contributed by atoms with Gasteiger partial charge in [0.25, 0.3) is 0 Å². The van der Waals surface area contributed by atoms with Crippen molar-refractivity contribution in [2.45, 2.75) is 35.8 Å². The van der Waals surface area contributed by atoms with Gasteiger partial charge < -0.3 is 0 Å². The second-order valence-corrected chi connectivity index (χ2v) is 3.92. The van der Waals surface area contributed by atoms with Gasteiger partial charge in [-0.1, -0.05) is 5.92 Å². The molecule has 0 aliphatic heterocycles. The monoisotopic (exact) mass is 370 g/mol. The third kappa shape index (κ3) is 2.94. The van der Waals surface area contributed by atoms with Gasteiger partial charge >= 0.3 is 35.8 Å². The molecule has 0 heterocycles. The van der Waals surface area contributed by atoms with Crippen molar-refractivity contribution in [2.75, 3.05) is 0 Å². The van der Waals surface area contributed by atoms with Gasteiger partial charge in [-0.15, -0.1) is 6.42 Å². The van der Waals surface area contributed by atoms with E-state index in [4.69, 9.17) is 0 Å². The minimum atomic E-state index is -7.89. The molecule has 0 unspecified atom stereocenters. The Kier molecular flexibility index (Phi) is 5.10. The summed E-state index contributed by atoms with van der Waals surface area (Å²) in [6.45, 7) is 0. The van der Waals surface area contributed by atoms with Gasteiger partial charge in [-0.3, -0.25) is 0 Å². The summed E-state index contributed by atoms with van der Waals surface area (Å²) in [7, 11) is 0. The lowest BCUT2D eigenvalue weighted by atomic mass is 9.94. The lowest BCUT2D eigenvalue weighted by molar-refractivity contribution is -0.436. The fourth-order valence-corrected chi connectivity index (χ4v) is 1.04. The smallest absolute Gasteiger partial charge is 0.195 e. The maximum absolute atomic E-state index is 12.9. The van der Waals surface area contributed by atoms with Gasteiger partial charge in [-0.05, 0) is 12.2 Å². The van der Waals surface area contributed by atoms with Crippen LogP contribution in [0.1, 0.15) is 0 Å². The lowest BCUT2D eigenvalue weighted by Crippen LogP contribution is -2.69. The van der Waals surface area contributed by atoms with Gasteiger partial charge in [0.05, 0.1) is 0 Å². The summed E-state index contributed by atoms with van der Waals surface area (Å²) < 4.78 is 163. The van der Waals surface area contributed by atoms with Gasteiger partial charge in [0.1, 0.15) is 0 Å². The van der Waals surface area contributed by atoms with Gasteiger partial charge in [0.15, 0.2) is 0 Å². The number of hydrogen-bond acceptors (Lipinski definition) is 0. The second kappa shape index (κ2) is 5.48. The van der Waals surface area contributed by atoms with E-state index in [-0.39, 0.29) is 6.08 Å². The van der Waals surface area contributed by atoms with Crippen LogP contribution in [0.3, 0.4) is 0 Å². The molecule has 0 spiro atoms. The van der Waals surface area contributed by atoms with Crippen LogP contribution in [0.15, 0.2) is 12.2 Å². The molecule has 0 amide bonds. The SMILES string of the molecule is C#C/C=C/C(F)(F)C(F)(F)C(F)(F)C(F)(F)C(F)(F)C(F)(F)F. The maximum Gasteiger partial charge on any atom is 0.460 e. The maximum atomic E-state index is 12.9. The Bertz CT molecular complexity index is 502. The first-order valence-electron chi connectivity index (χ1n) is 4.91. The summed E-state index contributed by atoms with van der Waals surface area (Å²) in [5.41, 5.74) is 0. The quantitative estimate of drug-likeness (QED) is 0.476. The number of halogens is 13. The summed E-state index contributed by atoms with van der Waals surface area (Å²) in [6.07, 6.45) is -4.71. The Balaban J connectivity index is 6.26. The molecule has 13 heteroatoms. The van der Waals surface area contributed by atoms with Crippen LogP contribution in [-0.2, 0) is 0 Å². The summed E-state index contributed by atoms with van der Waals surface area (Å²) in [6, 6.07) is 0. The van der Waals surface area contributed by atoms with E-state index in [2.05, 4.69) is 6.42 Å². The molecule has 23 heavy (non-hydrogen) atoms. The summed E-state index contributed by atoms with van der Waals surface area (Å²) >= 11 is 0.